The number of fused-ring (bicyclic) bond motifs is 1. The average Bonchev–Trinajstić information content (AvgIpc) is 3.37. The highest BCUT2D eigenvalue weighted by Crippen LogP contribution is 2.30. The molecule has 0 aliphatic heterocycles. The van der Waals surface area contributed by atoms with Crippen molar-refractivity contribution in [2.24, 2.45) is 0 Å². The van der Waals surface area contributed by atoms with Crippen LogP contribution in [0.4, 0.5) is 5.69 Å². The molecule has 4 aromatic rings. The number of aromatic nitrogens is 3. The number of hydrogen-bond donors (Lipinski definition) is 1. The van der Waals surface area contributed by atoms with Crippen molar-refractivity contribution in [3.63, 3.8) is 0 Å². The Morgan fingerprint density at radius 1 is 1.25 bits per heavy atom. The number of nitrogens with zero attached hydrogens (tertiary/aromatic N) is 3. The summed E-state index contributed by atoms with van der Waals surface area (Å²) < 4.78 is 13.2. The zero-order chi connectivity index (χ0) is 22.5. The highest BCUT2D eigenvalue weighted by atomic mass is 35.5. The molecule has 0 spiro atoms. The smallest absolute Gasteiger partial charge is 0.234 e. The first-order valence-corrected chi connectivity index (χ1v) is 11.3. The van der Waals surface area contributed by atoms with Crippen molar-refractivity contribution in [3.8, 4) is 17.3 Å². The molecule has 0 bridgehead atoms. The molecule has 1 amide bonds. The number of furan rings is 1. The predicted octanol–water partition coefficient (Wildman–Crippen LogP) is 5.66. The van der Waals surface area contributed by atoms with Gasteiger partial charge in [0.05, 0.1) is 12.4 Å². The van der Waals surface area contributed by atoms with Gasteiger partial charge in [0, 0.05) is 22.6 Å². The Balaban J connectivity index is 1.47. The average molecular weight is 469 g/mol. The van der Waals surface area contributed by atoms with Crippen molar-refractivity contribution < 1.29 is 13.9 Å². The number of halogens is 1. The zero-order valence-corrected chi connectivity index (χ0v) is 18.9. The molecule has 2 heterocycles. The monoisotopic (exact) mass is 468 g/mol. The van der Waals surface area contributed by atoms with Gasteiger partial charge in [-0.25, -0.2) is 0 Å². The van der Waals surface area contributed by atoms with E-state index >= 15 is 0 Å². The van der Waals surface area contributed by atoms with Crippen molar-refractivity contribution in [1.82, 2.24) is 14.8 Å². The second kappa shape index (κ2) is 9.93. The van der Waals surface area contributed by atoms with Crippen LogP contribution in [0, 0.1) is 0 Å². The molecule has 2 aromatic carbocycles. The van der Waals surface area contributed by atoms with E-state index in [-0.39, 0.29) is 11.7 Å². The molecular weight excluding hydrogens is 448 g/mol. The van der Waals surface area contributed by atoms with Gasteiger partial charge in [-0.1, -0.05) is 29.4 Å². The van der Waals surface area contributed by atoms with Crippen molar-refractivity contribution >= 4 is 45.9 Å². The summed E-state index contributed by atoms with van der Waals surface area (Å²) in [4.78, 5) is 12.4. The first-order valence-electron chi connectivity index (χ1n) is 9.96. The van der Waals surface area contributed by atoms with E-state index in [9.17, 15) is 4.79 Å². The quantitative estimate of drug-likeness (QED) is 0.252. The number of allylic oxidation sites excluding steroid dienone is 1. The number of amides is 1. The predicted molar refractivity (Wildman–Crippen MR) is 127 cm³/mol. The Bertz CT molecular complexity index is 1250. The third-order valence-corrected chi connectivity index (χ3v) is 5.71. The van der Waals surface area contributed by atoms with Crippen molar-refractivity contribution in [3.05, 3.63) is 66.2 Å². The third-order valence-electron chi connectivity index (χ3n) is 4.51. The number of carbonyl (C=O) groups is 1. The molecule has 2 aromatic heterocycles. The normalized spacial score (nSPS) is 10.9. The van der Waals surface area contributed by atoms with E-state index in [4.69, 9.17) is 20.8 Å². The number of thioether (sulfide) groups is 1. The molecule has 0 aliphatic carbocycles. The van der Waals surface area contributed by atoms with E-state index in [0.29, 0.717) is 46.2 Å². The van der Waals surface area contributed by atoms with Crippen molar-refractivity contribution in [2.45, 2.75) is 18.6 Å². The van der Waals surface area contributed by atoms with Gasteiger partial charge in [0.15, 0.2) is 10.9 Å². The summed E-state index contributed by atoms with van der Waals surface area (Å²) in [7, 11) is 0. The van der Waals surface area contributed by atoms with Gasteiger partial charge in [-0.3, -0.25) is 9.36 Å². The van der Waals surface area contributed by atoms with Gasteiger partial charge >= 0.3 is 0 Å². The molecule has 0 unspecified atom stereocenters. The Kier molecular flexibility index (Phi) is 6.82. The van der Waals surface area contributed by atoms with Crippen LogP contribution in [0.2, 0.25) is 5.02 Å². The van der Waals surface area contributed by atoms with Crippen LogP contribution in [0.25, 0.3) is 22.6 Å². The zero-order valence-electron chi connectivity index (χ0n) is 17.4. The first-order chi connectivity index (χ1) is 15.6. The molecule has 7 nitrogen and oxygen atoms in total. The Morgan fingerprint density at radius 3 is 2.81 bits per heavy atom. The fraction of sp³-hybridized carbons (Fsp3) is 0.174. The van der Waals surface area contributed by atoms with Crippen LogP contribution < -0.4 is 10.1 Å². The minimum atomic E-state index is -0.146. The standard InChI is InChI=1S/C23H21ClN4O3S/c1-3-11-28-22(20-13-15-12-16(24)5-10-19(15)31-20)26-27-23(28)32-14-21(29)25-17-6-8-18(9-7-17)30-4-2/h3,5-10,12-13H,1,4,11,14H2,2H3,(H,25,29). The van der Waals surface area contributed by atoms with Crippen LogP contribution in [0.3, 0.4) is 0 Å². The van der Waals surface area contributed by atoms with E-state index in [1.807, 2.05) is 41.8 Å². The van der Waals surface area contributed by atoms with Crippen LogP contribution in [-0.4, -0.2) is 33.0 Å². The van der Waals surface area contributed by atoms with Crippen LogP contribution in [0.5, 0.6) is 5.75 Å². The fourth-order valence-electron chi connectivity index (χ4n) is 3.12. The summed E-state index contributed by atoms with van der Waals surface area (Å²) in [6.07, 6.45) is 1.75. The molecule has 0 saturated heterocycles. The summed E-state index contributed by atoms with van der Waals surface area (Å²) in [6, 6.07) is 14.5. The summed E-state index contributed by atoms with van der Waals surface area (Å²) in [6.45, 7) is 6.81. The van der Waals surface area contributed by atoms with Crippen LogP contribution in [0.1, 0.15) is 6.92 Å². The number of nitrogens with one attached hydrogen (secondary N) is 1. The third kappa shape index (κ3) is 4.98. The Hall–Kier alpha value is -3.23. The van der Waals surface area contributed by atoms with Gasteiger partial charge in [-0.15, -0.1) is 16.8 Å². The SMILES string of the molecule is C=CCn1c(SCC(=O)Nc2ccc(OCC)cc2)nnc1-c1cc2cc(Cl)ccc2o1. The van der Waals surface area contributed by atoms with Gasteiger partial charge in [-0.2, -0.15) is 0 Å². The summed E-state index contributed by atoms with van der Waals surface area (Å²) >= 11 is 7.37. The van der Waals surface area contributed by atoms with Gasteiger partial charge in [0.2, 0.25) is 11.7 Å². The van der Waals surface area contributed by atoms with Gasteiger partial charge in [0.25, 0.3) is 0 Å². The molecule has 9 heteroatoms. The van der Waals surface area contributed by atoms with Gasteiger partial charge in [0.1, 0.15) is 11.3 Å². The maximum absolute atomic E-state index is 12.4. The van der Waals surface area contributed by atoms with Crippen molar-refractivity contribution in [1.29, 1.82) is 0 Å². The maximum Gasteiger partial charge on any atom is 0.234 e. The topological polar surface area (TPSA) is 82.2 Å². The fourth-order valence-corrected chi connectivity index (χ4v) is 4.05. The number of carbonyl (C=O) groups excluding carboxylic acids is 1. The van der Waals surface area contributed by atoms with E-state index in [2.05, 4.69) is 22.1 Å². The summed E-state index contributed by atoms with van der Waals surface area (Å²) in [5, 5.41) is 13.5. The number of benzene rings is 2. The highest BCUT2D eigenvalue weighted by molar-refractivity contribution is 7.99. The van der Waals surface area contributed by atoms with E-state index in [1.54, 1.807) is 24.3 Å². The van der Waals surface area contributed by atoms with Crippen molar-refractivity contribution in [2.75, 3.05) is 17.7 Å². The molecule has 0 atom stereocenters. The molecular formula is C23H21ClN4O3S. The van der Waals surface area contributed by atoms with Crippen LogP contribution >= 0.6 is 23.4 Å². The Morgan fingerprint density at radius 2 is 2.06 bits per heavy atom. The lowest BCUT2D eigenvalue weighted by molar-refractivity contribution is -0.113. The Labute approximate surface area is 194 Å². The summed E-state index contributed by atoms with van der Waals surface area (Å²) in [5.74, 6) is 1.93. The molecule has 164 valence electrons. The number of ether oxygens (including phenoxy) is 1. The minimum absolute atomic E-state index is 0.146. The molecule has 4 rings (SSSR count). The van der Waals surface area contributed by atoms with Gasteiger partial charge in [-0.05, 0) is 55.5 Å². The summed E-state index contributed by atoms with van der Waals surface area (Å²) in [5.41, 5.74) is 1.41. The molecule has 0 aliphatic rings. The van der Waals surface area contributed by atoms with Gasteiger partial charge < -0.3 is 14.5 Å². The molecule has 0 saturated carbocycles. The molecule has 0 fully saturated rings. The number of hydrogen-bond acceptors (Lipinski definition) is 6. The lowest BCUT2D eigenvalue weighted by Crippen LogP contribution is -2.14. The molecule has 32 heavy (non-hydrogen) atoms. The second-order valence-electron chi connectivity index (χ2n) is 6.79. The van der Waals surface area contributed by atoms with E-state index < -0.39 is 0 Å². The van der Waals surface area contributed by atoms with Crippen LogP contribution in [-0.2, 0) is 11.3 Å². The largest absolute Gasteiger partial charge is 0.494 e. The lowest BCUT2D eigenvalue weighted by Gasteiger charge is -2.08. The van der Waals surface area contributed by atoms with Crippen LogP contribution in [0.15, 0.2) is 70.8 Å². The van der Waals surface area contributed by atoms with E-state index in [1.165, 1.54) is 11.8 Å². The first kappa shape index (κ1) is 22.0. The molecule has 1 N–H and O–H groups in total. The second-order valence-corrected chi connectivity index (χ2v) is 8.17. The number of rotatable bonds is 9. The lowest BCUT2D eigenvalue weighted by atomic mass is 10.2. The molecule has 0 radical (unpaired) electrons. The number of anilines is 1. The van der Waals surface area contributed by atoms with E-state index in [0.717, 1.165) is 11.1 Å². The minimum Gasteiger partial charge on any atom is -0.494 e. The highest BCUT2D eigenvalue weighted by Gasteiger charge is 2.18. The maximum atomic E-state index is 12.4.